The maximum atomic E-state index is 12.7. The zero-order valence-electron chi connectivity index (χ0n) is 13.1. The Bertz CT molecular complexity index is 1110. The molecule has 0 bridgehead atoms. The lowest BCUT2D eigenvalue weighted by atomic mass is 10.1. The zero-order valence-corrected chi connectivity index (χ0v) is 13.1. The van der Waals surface area contributed by atoms with Gasteiger partial charge in [-0.25, -0.2) is 9.67 Å². The Hall–Kier alpha value is -3.35. The number of ether oxygens (including phenoxy) is 2. The Labute approximate surface area is 136 Å². The van der Waals surface area contributed by atoms with Crippen LogP contribution in [0, 0.1) is 0 Å². The average molecular weight is 322 g/mol. The van der Waals surface area contributed by atoms with Gasteiger partial charge < -0.3 is 9.47 Å². The van der Waals surface area contributed by atoms with Crippen molar-refractivity contribution in [3.05, 3.63) is 53.1 Å². The van der Waals surface area contributed by atoms with Crippen LogP contribution in [-0.4, -0.2) is 34.0 Å². The second-order valence-electron chi connectivity index (χ2n) is 5.24. The molecule has 7 nitrogen and oxygen atoms in total. The number of aromatic amines is 1. The molecule has 0 saturated carbocycles. The number of pyridine rings is 2. The van der Waals surface area contributed by atoms with Crippen LogP contribution in [0.5, 0.6) is 11.6 Å². The van der Waals surface area contributed by atoms with Gasteiger partial charge in [0.2, 0.25) is 5.88 Å². The van der Waals surface area contributed by atoms with E-state index in [-0.39, 0.29) is 5.56 Å². The Balaban J connectivity index is 1.99. The van der Waals surface area contributed by atoms with Crippen molar-refractivity contribution in [3.63, 3.8) is 0 Å². The molecule has 3 aromatic heterocycles. The number of benzene rings is 1. The zero-order chi connectivity index (χ0) is 16.7. The van der Waals surface area contributed by atoms with Gasteiger partial charge in [-0.05, 0) is 18.2 Å². The van der Waals surface area contributed by atoms with Crippen LogP contribution >= 0.6 is 0 Å². The highest BCUT2D eigenvalue weighted by molar-refractivity contribution is 6.03. The minimum absolute atomic E-state index is 0.177. The SMILES string of the molecule is COc1ccc2c(c1)ncc1c(=O)n(-c3ccnc(OC)c3)[nH]c12. The first kappa shape index (κ1) is 14.3. The van der Waals surface area contributed by atoms with Gasteiger partial charge in [0.05, 0.1) is 36.3 Å². The van der Waals surface area contributed by atoms with E-state index in [0.29, 0.717) is 17.0 Å². The quantitative estimate of drug-likeness (QED) is 0.626. The third-order valence-corrected chi connectivity index (χ3v) is 3.92. The van der Waals surface area contributed by atoms with Crippen LogP contribution in [0.25, 0.3) is 27.5 Å². The molecule has 7 heteroatoms. The lowest BCUT2D eigenvalue weighted by Gasteiger charge is -2.03. The molecule has 4 rings (SSSR count). The highest BCUT2D eigenvalue weighted by atomic mass is 16.5. The molecule has 0 atom stereocenters. The predicted molar refractivity (Wildman–Crippen MR) is 90.1 cm³/mol. The summed E-state index contributed by atoms with van der Waals surface area (Å²) in [5.41, 5.74) is 1.94. The molecule has 0 fully saturated rings. The summed E-state index contributed by atoms with van der Waals surface area (Å²) in [6.07, 6.45) is 3.16. The fourth-order valence-electron chi connectivity index (χ4n) is 2.70. The van der Waals surface area contributed by atoms with Gasteiger partial charge in [0.15, 0.2) is 0 Å². The normalized spacial score (nSPS) is 11.1. The van der Waals surface area contributed by atoms with Gasteiger partial charge in [-0.15, -0.1) is 0 Å². The Morgan fingerprint density at radius 3 is 2.71 bits per heavy atom. The maximum absolute atomic E-state index is 12.7. The van der Waals surface area contributed by atoms with Crippen LogP contribution < -0.4 is 15.0 Å². The van der Waals surface area contributed by atoms with Gasteiger partial charge in [0, 0.05) is 29.9 Å². The Morgan fingerprint density at radius 1 is 1.04 bits per heavy atom. The van der Waals surface area contributed by atoms with Crippen LogP contribution in [0.3, 0.4) is 0 Å². The highest BCUT2D eigenvalue weighted by Crippen LogP contribution is 2.24. The summed E-state index contributed by atoms with van der Waals surface area (Å²) in [4.78, 5) is 21.1. The first-order valence-corrected chi connectivity index (χ1v) is 7.29. The first-order chi connectivity index (χ1) is 11.7. The van der Waals surface area contributed by atoms with Crippen molar-refractivity contribution in [2.45, 2.75) is 0 Å². The molecule has 24 heavy (non-hydrogen) atoms. The molecular formula is C17H14N4O3. The van der Waals surface area contributed by atoms with Gasteiger partial charge in [-0.1, -0.05) is 0 Å². The number of methoxy groups -OCH3 is 2. The van der Waals surface area contributed by atoms with E-state index in [0.717, 1.165) is 22.2 Å². The standard InChI is InChI=1S/C17H14N4O3/c1-23-11-3-4-12-14(8-11)19-9-13-16(12)20-21(17(13)22)10-5-6-18-15(7-10)24-2/h3-9,20H,1-2H3. The minimum atomic E-state index is -0.177. The molecule has 0 saturated heterocycles. The molecule has 4 aromatic rings. The molecule has 3 heterocycles. The van der Waals surface area contributed by atoms with E-state index in [4.69, 9.17) is 9.47 Å². The summed E-state index contributed by atoms with van der Waals surface area (Å²) in [7, 11) is 3.14. The molecule has 0 unspecified atom stereocenters. The van der Waals surface area contributed by atoms with Crippen LogP contribution in [0.15, 0.2) is 47.5 Å². The summed E-state index contributed by atoms with van der Waals surface area (Å²) < 4.78 is 11.8. The number of fused-ring (bicyclic) bond motifs is 3. The van der Waals surface area contributed by atoms with E-state index in [2.05, 4.69) is 15.1 Å². The fraction of sp³-hybridized carbons (Fsp3) is 0.118. The van der Waals surface area contributed by atoms with Gasteiger partial charge in [0.25, 0.3) is 5.56 Å². The largest absolute Gasteiger partial charge is 0.497 e. The minimum Gasteiger partial charge on any atom is -0.497 e. The molecule has 1 aromatic carbocycles. The molecule has 0 spiro atoms. The summed E-state index contributed by atoms with van der Waals surface area (Å²) in [5.74, 6) is 1.15. The third kappa shape index (κ3) is 2.10. The van der Waals surface area contributed by atoms with E-state index < -0.39 is 0 Å². The molecule has 0 aliphatic carbocycles. The van der Waals surface area contributed by atoms with Crippen LogP contribution in [0.4, 0.5) is 0 Å². The van der Waals surface area contributed by atoms with E-state index in [1.807, 2.05) is 18.2 Å². The van der Waals surface area contributed by atoms with Gasteiger partial charge in [-0.2, -0.15) is 0 Å². The first-order valence-electron chi connectivity index (χ1n) is 7.29. The van der Waals surface area contributed by atoms with Crippen LogP contribution in [0.1, 0.15) is 0 Å². The number of nitrogens with one attached hydrogen (secondary N) is 1. The van der Waals surface area contributed by atoms with Gasteiger partial charge in [0.1, 0.15) is 5.75 Å². The van der Waals surface area contributed by atoms with Crippen molar-refractivity contribution in [1.82, 2.24) is 19.7 Å². The molecule has 0 radical (unpaired) electrons. The van der Waals surface area contributed by atoms with Gasteiger partial charge >= 0.3 is 0 Å². The molecule has 1 N–H and O–H groups in total. The van der Waals surface area contributed by atoms with Crippen molar-refractivity contribution in [3.8, 4) is 17.3 Å². The fourth-order valence-corrected chi connectivity index (χ4v) is 2.70. The number of rotatable bonds is 3. The van der Waals surface area contributed by atoms with Crippen molar-refractivity contribution in [1.29, 1.82) is 0 Å². The van der Waals surface area contributed by atoms with E-state index in [9.17, 15) is 4.79 Å². The summed E-state index contributed by atoms with van der Waals surface area (Å²) >= 11 is 0. The van der Waals surface area contributed by atoms with Crippen molar-refractivity contribution in [2.75, 3.05) is 14.2 Å². The number of H-pyrrole nitrogens is 1. The van der Waals surface area contributed by atoms with Crippen LogP contribution in [0.2, 0.25) is 0 Å². The van der Waals surface area contributed by atoms with Crippen molar-refractivity contribution < 1.29 is 9.47 Å². The van der Waals surface area contributed by atoms with E-state index >= 15 is 0 Å². The number of nitrogens with zero attached hydrogens (tertiary/aromatic N) is 3. The number of hydrogen-bond acceptors (Lipinski definition) is 5. The highest BCUT2D eigenvalue weighted by Gasteiger charge is 2.13. The Kier molecular flexibility index (Phi) is 3.19. The Morgan fingerprint density at radius 2 is 1.92 bits per heavy atom. The topological polar surface area (TPSA) is 82.0 Å². The van der Waals surface area contributed by atoms with Crippen LogP contribution in [-0.2, 0) is 0 Å². The summed E-state index contributed by atoms with van der Waals surface area (Å²) in [6, 6.07) is 8.98. The lowest BCUT2D eigenvalue weighted by Crippen LogP contribution is -2.14. The monoisotopic (exact) mass is 322 g/mol. The average Bonchev–Trinajstić information content (AvgIpc) is 2.98. The van der Waals surface area contributed by atoms with Crippen molar-refractivity contribution >= 4 is 21.8 Å². The molecule has 0 amide bonds. The van der Waals surface area contributed by atoms with Gasteiger partial charge in [-0.3, -0.25) is 14.9 Å². The molecular weight excluding hydrogens is 308 g/mol. The van der Waals surface area contributed by atoms with E-state index in [1.54, 1.807) is 31.6 Å². The summed E-state index contributed by atoms with van der Waals surface area (Å²) in [6.45, 7) is 0. The molecule has 120 valence electrons. The predicted octanol–water partition coefficient (Wildman–Crippen LogP) is 2.28. The van der Waals surface area contributed by atoms with Crippen molar-refractivity contribution in [2.24, 2.45) is 0 Å². The number of hydrogen-bond donors (Lipinski definition) is 1. The molecule has 0 aliphatic heterocycles. The van der Waals surface area contributed by atoms with E-state index in [1.165, 1.54) is 11.8 Å². The third-order valence-electron chi connectivity index (χ3n) is 3.92. The molecule has 0 aliphatic rings. The number of aromatic nitrogens is 4. The second kappa shape index (κ2) is 5.38. The summed E-state index contributed by atoms with van der Waals surface area (Å²) in [5, 5.41) is 4.52. The second-order valence-corrected chi connectivity index (χ2v) is 5.24. The lowest BCUT2D eigenvalue weighted by molar-refractivity contribution is 0.397. The smallest absolute Gasteiger partial charge is 0.280 e. The maximum Gasteiger partial charge on any atom is 0.280 e.